The number of hydrogen-bond donors (Lipinski definition) is 2. The lowest BCUT2D eigenvalue weighted by atomic mass is 10.1. The van der Waals surface area contributed by atoms with E-state index in [1.54, 1.807) is 65.1 Å². The number of hydrogen-bond acceptors (Lipinski definition) is 6. The van der Waals surface area contributed by atoms with Gasteiger partial charge in [0.05, 0.1) is 15.8 Å². The molecular formula is C29H27F3N4O4S. The minimum atomic E-state index is -4.57. The minimum absolute atomic E-state index is 0.152. The third-order valence-electron chi connectivity index (χ3n) is 5.79. The fourth-order valence-corrected chi connectivity index (χ4v) is 4.63. The van der Waals surface area contributed by atoms with Crippen molar-refractivity contribution in [2.45, 2.75) is 39.5 Å². The summed E-state index contributed by atoms with van der Waals surface area (Å²) in [5.41, 5.74) is 0.606. The average molecular weight is 585 g/mol. The first-order valence-electron chi connectivity index (χ1n) is 12.4. The molecule has 3 amide bonds. The highest BCUT2D eigenvalue weighted by atomic mass is 32.1. The van der Waals surface area contributed by atoms with Gasteiger partial charge in [-0.2, -0.15) is 13.2 Å². The maximum atomic E-state index is 13.1. The van der Waals surface area contributed by atoms with Crippen LogP contribution in [0.5, 0.6) is 0 Å². The van der Waals surface area contributed by atoms with E-state index in [0.717, 1.165) is 18.2 Å². The Kier molecular flexibility index (Phi) is 8.07. The van der Waals surface area contributed by atoms with Gasteiger partial charge in [-0.1, -0.05) is 23.5 Å². The SMILES string of the molecule is Cc1ccc(NC(=O)c2cccc(C(F)(F)F)c2)cc1NC(=O)c1ccc2nc(N(C)C(=O)OC(C)(C)C)sc2c1. The summed E-state index contributed by atoms with van der Waals surface area (Å²) in [7, 11) is 1.56. The maximum Gasteiger partial charge on any atom is 0.416 e. The van der Waals surface area contributed by atoms with Gasteiger partial charge in [0.25, 0.3) is 11.8 Å². The van der Waals surface area contributed by atoms with Gasteiger partial charge in [0.15, 0.2) is 5.13 Å². The predicted octanol–water partition coefficient (Wildman–Crippen LogP) is 7.50. The Labute approximate surface area is 238 Å². The van der Waals surface area contributed by atoms with Gasteiger partial charge in [0.2, 0.25) is 0 Å². The van der Waals surface area contributed by atoms with Gasteiger partial charge in [0.1, 0.15) is 5.60 Å². The summed E-state index contributed by atoms with van der Waals surface area (Å²) in [6, 6.07) is 13.8. The molecule has 0 saturated carbocycles. The smallest absolute Gasteiger partial charge is 0.416 e. The van der Waals surface area contributed by atoms with E-state index >= 15 is 0 Å². The van der Waals surface area contributed by atoms with Crippen molar-refractivity contribution in [1.29, 1.82) is 0 Å². The van der Waals surface area contributed by atoms with Crippen LogP contribution in [0.4, 0.5) is 34.5 Å². The Bertz CT molecular complexity index is 1640. The first-order chi connectivity index (χ1) is 19.1. The molecule has 1 heterocycles. The van der Waals surface area contributed by atoms with Gasteiger partial charge < -0.3 is 15.4 Å². The van der Waals surface area contributed by atoms with Crippen molar-refractivity contribution in [3.05, 3.63) is 82.9 Å². The van der Waals surface area contributed by atoms with E-state index in [-0.39, 0.29) is 5.56 Å². The van der Waals surface area contributed by atoms with Crippen LogP contribution in [0.3, 0.4) is 0 Å². The molecule has 1 aromatic heterocycles. The number of alkyl halides is 3. The van der Waals surface area contributed by atoms with Crippen molar-refractivity contribution in [3.63, 3.8) is 0 Å². The van der Waals surface area contributed by atoms with Crippen molar-refractivity contribution >= 4 is 56.0 Å². The number of carbonyl (C=O) groups is 3. The number of anilines is 3. The molecule has 0 unspecified atom stereocenters. The summed E-state index contributed by atoms with van der Waals surface area (Å²) in [5, 5.41) is 5.79. The Morgan fingerprint density at radius 3 is 2.27 bits per heavy atom. The lowest BCUT2D eigenvalue weighted by Gasteiger charge is -2.23. The Morgan fingerprint density at radius 1 is 0.902 bits per heavy atom. The number of nitrogens with zero attached hydrogens (tertiary/aromatic N) is 2. The van der Waals surface area contributed by atoms with Gasteiger partial charge in [-0.15, -0.1) is 0 Å². The van der Waals surface area contributed by atoms with E-state index in [1.807, 2.05) is 0 Å². The van der Waals surface area contributed by atoms with Crippen LogP contribution in [-0.4, -0.2) is 35.5 Å². The average Bonchev–Trinajstić information content (AvgIpc) is 3.32. The van der Waals surface area contributed by atoms with Crippen molar-refractivity contribution in [1.82, 2.24) is 4.98 Å². The highest BCUT2D eigenvalue weighted by Crippen LogP contribution is 2.31. The van der Waals surface area contributed by atoms with Crippen LogP contribution in [0.2, 0.25) is 0 Å². The van der Waals surface area contributed by atoms with Gasteiger partial charge in [-0.3, -0.25) is 14.5 Å². The first-order valence-corrected chi connectivity index (χ1v) is 13.2. The fourth-order valence-electron chi connectivity index (χ4n) is 3.67. The maximum absolute atomic E-state index is 13.1. The van der Waals surface area contributed by atoms with E-state index < -0.39 is 35.2 Å². The monoisotopic (exact) mass is 584 g/mol. The van der Waals surface area contributed by atoms with E-state index in [1.165, 1.54) is 28.4 Å². The number of nitrogens with one attached hydrogen (secondary N) is 2. The molecule has 0 saturated heterocycles. The summed E-state index contributed by atoms with van der Waals surface area (Å²) in [4.78, 5) is 43.9. The minimum Gasteiger partial charge on any atom is -0.443 e. The molecule has 0 aliphatic heterocycles. The molecule has 0 bridgehead atoms. The summed E-state index contributed by atoms with van der Waals surface area (Å²) in [6.45, 7) is 7.07. The van der Waals surface area contributed by atoms with Crippen molar-refractivity contribution < 1.29 is 32.3 Å². The van der Waals surface area contributed by atoms with Gasteiger partial charge >= 0.3 is 12.3 Å². The number of amides is 3. The van der Waals surface area contributed by atoms with Crippen LogP contribution in [-0.2, 0) is 10.9 Å². The highest BCUT2D eigenvalue weighted by molar-refractivity contribution is 7.22. The zero-order valence-electron chi connectivity index (χ0n) is 22.8. The Hall–Kier alpha value is -4.45. The van der Waals surface area contributed by atoms with Gasteiger partial charge in [-0.05, 0) is 81.8 Å². The molecule has 2 N–H and O–H groups in total. The van der Waals surface area contributed by atoms with Crippen LogP contribution in [0.25, 0.3) is 10.2 Å². The number of benzene rings is 3. The molecule has 0 fully saturated rings. The second kappa shape index (κ2) is 11.2. The number of rotatable bonds is 5. The second-order valence-electron chi connectivity index (χ2n) is 10.2. The topological polar surface area (TPSA) is 101 Å². The lowest BCUT2D eigenvalue weighted by molar-refractivity contribution is -0.137. The van der Waals surface area contributed by atoms with Gasteiger partial charge in [-0.25, -0.2) is 9.78 Å². The number of ether oxygens (including phenoxy) is 1. The molecule has 4 rings (SSSR count). The quantitative estimate of drug-likeness (QED) is 0.253. The number of aromatic nitrogens is 1. The van der Waals surface area contributed by atoms with E-state index in [0.29, 0.717) is 37.8 Å². The molecule has 0 radical (unpaired) electrons. The second-order valence-corrected chi connectivity index (χ2v) is 11.2. The van der Waals surface area contributed by atoms with Crippen LogP contribution in [0, 0.1) is 6.92 Å². The molecule has 41 heavy (non-hydrogen) atoms. The zero-order valence-corrected chi connectivity index (χ0v) is 23.7. The van der Waals surface area contributed by atoms with Crippen molar-refractivity contribution in [2.24, 2.45) is 0 Å². The summed E-state index contributed by atoms with van der Waals surface area (Å²) >= 11 is 1.23. The first kappa shape index (κ1) is 29.5. The number of halogens is 3. The third-order valence-corrected chi connectivity index (χ3v) is 6.88. The van der Waals surface area contributed by atoms with Gasteiger partial charge in [0, 0.05) is 29.5 Å². The van der Waals surface area contributed by atoms with Crippen LogP contribution < -0.4 is 15.5 Å². The van der Waals surface area contributed by atoms with Crippen molar-refractivity contribution in [3.8, 4) is 0 Å². The summed E-state index contributed by atoms with van der Waals surface area (Å²) in [5.74, 6) is -1.15. The molecule has 8 nitrogen and oxygen atoms in total. The number of thiazole rings is 1. The molecule has 214 valence electrons. The van der Waals surface area contributed by atoms with Crippen LogP contribution in [0.15, 0.2) is 60.7 Å². The van der Waals surface area contributed by atoms with E-state index in [4.69, 9.17) is 4.74 Å². The summed E-state index contributed by atoms with van der Waals surface area (Å²) < 4.78 is 45.2. The molecule has 3 aromatic carbocycles. The number of aryl methyl sites for hydroxylation is 1. The molecule has 0 aliphatic rings. The molecule has 12 heteroatoms. The Balaban J connectivity index is 1.49. The molecular weight excluding hydrogens is 557 g/mol. The van der Waals surface area contributed by atoms with Crippen LogP contribution >= 0.6 is 11.3 Å². The summed E-state index contributed by atoms with van der Waals surface area (Å²) in [6.07, 6.45) is -5.12. The normalized spacial score (nSPS) is 11.7. The molecule has 0 atom stereocenters. The number of fused-ring (bicyclic) bond motifs is 1. The van der Waals surface area contributed by atoms with E-state index in [9.17, 15) is 27.6 Å². The molecule has 4 aromatic rings. The third kappa shape index (κ3) is 7.20. The Morgan fingerprint density at radius 2 is 1.59 bits per heavy atom. The highest BCUT2D eigenvalue weighted by Gasteiger charge is 2.31. The van der Waals surface area contributed by atoms with Crippen molar-refractivity contribution in [2.75, 3.05) is 22.6 Å². The standard InChI is InChI=1S/C29H27F3N4O4S/c1-16-9-11-20(33-24(37)17-7-6-8-19(13-17)29(30,31)32)15-22(16)34-25(38)18-10-12-21-23(14-18)41-26(35-21)36(5)27(39)40-28(2,3)4/h6-15H,1-5H3,(H,33,37)(H,34,38). The molecule has 0 aliphatic carbocycles. The van der Waals surface area contributed by atoms with Crippen LogP contribution in [0.1, 0.15) is 52.6 Å². The van der Waals surface area contributed by atoms with E-state index in [2.05, 4.69) is 15.6 Å². The largest absolute Gasteiger partial charge is 0.443 e. The number of carbonyl (C=O) groups excluding carboxylic acids is 3. The molecule has 0 spiro atoms. The zero-order chi connectivity index (χ0) is 30.1. The predicted molar refractivity (Wildman–Crippen MR) is 153 cm³/mol. The fraction of sp³-hybridized carbons (Fsp3) is 0.241. The lowest BCUT2D eigenvalue weighted by Crippen LogP contribution is -2.34.